The maximum absolute atomic E-state index is 12.6. The van der Waals surface area contributed by atoms with Crippen LogP contribution in [0, 0.1) is 5.41 Å². The molecule has 0 saturated carbocycles. The van der Waals surface area contributed by atoms with Gasteiger partial charge in [0.2, 0.25) is 0 Å². The van der Waals surface area contributed by atoms with Crippen LogP contribution in [0.1, 0.15) is 47.0 Å². The fourth-order valence-electron chi connectivity index (χ4n) is 4.55. The first-order valence-corrected chi connectivity index (χ1v) is 13.1. The molecule has 1 aliphatic rings. The van der Waals surface area contributed by atoms with E-state index in [0.717, 1.165) is 43.8 Å². The number of thiophene rings is 1. The monoisotopic (exact) mass is 490 g/mol. The van der Waals surface area contributed by atoms with Crippen LogP contribution in [0.15, 0.2) is 72.1 Å². The first kappa shape index (κ1) is 24.9. The van der Waals surface area contributed by atoms with Crippen LogP contribution in [-0.2, 0) is 13.1 Å². The largest absolute Gasteiger partial charge is 0.347 e. The average Bonchev–Trinajstić information content (AvgIpc) is 3.42. The molecule has 0 bridgehead atoms. The molecule has 1 aliphatic heterocycles. The van der Waals surface area contributed by atoms with E-state index in [1.165, 1.54) is 5.56 Å². The van der Waals surface area contributed by atoms with Crippen LogP contribution >= 0.6 is 11.3 Å². The van der Waals surface area contributed by atoms with Gasteiger partial charge < -0.3 is 16.0 Å². The molecule has 2 aromatic carbocycles. The van der Waals surface area contributed by atoms with Crippen molar-refractivity contribution in [3.05, 3.63) is 88.1 Å². The van der Waals surface area contributed by atoms with E-state index in [1.807, 2.05) is 17.5 Å². The Labute approximate surface area is 211 Å². The quantitative estimate of drug-likeness (QED) is 0.371. The summed E-state index contributed by atoms with van der Waals surface area (Å²) in [4.78, 5) is 28.7. The van der Waals surface area contributed by atoms with Crippen molar-refractivity contribution in [2.45, 2.75) is 39.3 Å². The molecule has 3 amide bonds. The van der Waals surface area contributed by atoms with Crippen molar-refractivity contribution in [3.63, 3.8) is 0 Å². The third-order valence-electron chi connectivity index (χ3n) is 6.93. The molecule has 35 heavy (non-hydrogen) atoms. The lowest BCUT2D eigenvalue weighted by atomic mass is 9.76. The van der Waals surface area contributed by atoms with Gasteiger partial charge >= 0.3 is 6.03 Å². The van der Waals surface area contributed by atoms with E-state index in [4.69, 9.17) is 0 Å². The number of piperidine rings is 1. The zero-order valence-corrected chi connectivity index (χ0v) is 21.1. The molecular formula is C28H34N4O2S. The number of hydrogen-bond donors (Lipinski definition) is 3. The number of rotatable bonds is 9. The molecule has 3 N–H and O–H groups in total. The number of carbonyl (C=O) groups excluding carboxylic acids is 2. The van der Waals surface area contributed by atoms with Gasteiger partial charge in [-0.15, -0.1) is 11.3 Å². The number of amides is 3. The van der Waals surface area contributed by atoms with Gasteiger partial charge in [-0.05, 0) is 73.0 Å². The fraction of sp³-hybridized carbons (Fsp3) is 0.357. The molecule has 1 saturated heterocycles. The number of nitrogens with one attached hydrogen (secondary N) is 3. The summed E-state index contributed by atoms with van der Waals surface area (Å²) >= 11 is 1.61. The Morgan fingerprint density at radius 2 is 1.77 bits per heavy atom. The Kier molecular flexibility index (Phi) is 8.55. The van der Waals surface area contributed by atoms with Crippen LogP contribution in [0.25, 0.3) is 0 Å². The number of anilines is 1. The van der Waals surface area contributed by atoms with Gasteiger partial charge in [0.05, 0.1) is 6.54 Å². The highest BCUT2D eigenvalue weighted by molar-refractivity contribution is 7.09. The smallest absolute Gasteiger partial charge is 0.319 e. The average molecular weight is 491 g/mol. The van der Waals surface area contributed by atoms with Crippen molar-refractivity contribution in [2.24, 2.45) is 5.41 Å². The minimum atomic E-state index is -0.235. The lowest BCUT2D eigenvalue weighted by Crippen LogP contribution is -2.46. The molecule has 184 valence electrons. The zero-order valence-electron chi connectivity index (χ0n) is 20.3. The summed E-state index contributed by atoms with van der Waals surface area (Å²) in [5, 5.41) is 10.9. The molecular weight excluding hydrogens is 456 g/mol. The molecule has 0 atom stereocenters. The maximum Gasteiger partial charge on any atom is 0.319 e. The normalized spacial score (nSPS) is 15.3. The Balaban J connectivity index is 1.24. The van der Waals surface area contributed by atoms with Gasteiger partial charge in [0.15, 0.2) is 0 Å². The highest BCUT2D eigenvalue weighted by atomic mass is 32.1. The molecule has 0 unspecified atom stereocenters. The first-order chi connectivity index (χ1) is 17.0. The van der Waals surface area contributed by atoms with Crippen LogP contribution in [0.5, 0.6) is 0 Å². The third-order valence-corrected chi connectivity index (χ3v) is 7.80. The predicted molar refractivity (Wildman–Crippen MR) is 143 cm³/mol. The number of likely N-dealkylation sites (tertiary alicyclic amines) is 1. The second-order valence-electron chi connectivity index (χ2n) is 9.27. The van der Waals surface area contributed by atoms with Gasteiger partial charge in [0.25, 0.3) is 5.91 Å². The summed E-state index contributed by atoms with van der Waals surface area (Å²) in [6, 6.07) is 21.3. The zero-order chi connectivity index (χ0) is 24.5. The molecule has 1 aromatic heterocycles. The van der Waals surface area contributed by atoms with Gasteiger partial charge in [-0.3, -0.25) is 9.69 Å². The van der Waals surface area contributed by atoms with Crippen LogP contribution in [-0.4, -0.2) is 36.5 Å². The first-order valence-electron chi connectivity index (χ1n) is 12.3. The van der Waals surface area contributed by atoms with E-state index >= 15 is 0 Å². The molecule has 6 nitrogen and oxygen atoms in total. The minimum Gasteiger partial charge on any atom is -0.347 e. The van der Waals surface area contributed by atoms with Gasteiger partial charge in [0.1, 0.15) is 0 Å². The lowest BCUT2D eigenvalue weighted by molar-refractivity contribution is 0.0951. The number of benzene rings is 2. The summed E-state index contributed by atoms with van der Waals surface area (Å²) in [7, 11) is 0. The Morgan fingerprint density at radius 1 is 0.971 bits per heavy atom. The molecule has 7 heteroatoms. The van der Waals surface area contributed by atoms with E-state index in [-0.39, 0.29) is 17.4 Å². The van der Waals surface area contributed by atoms with Gasteiger partial charge in [-0.25, -0.2) is 4.79 Å². The van der Waals surface area contributed by atoms with Crippen LogP contribution in [0.4, 0.5) is 10.5 Å². The van der Waals surface area contributed by atoms with E-state index in [2.05, 4.69) is 58.1 Å². The molecule has 3 aromatic rings. The highest BCUT2D eigenvalue weighted by Gasteiger charge is 2.33. The van der Waals surface area contributed by atoms with Gasteiger partial charge in [-0.2, -0.15) is 0 Å². The molecule has 0 spiro atoms. The van der Waals surface area contributed by atoms with Crippen molar-refractivity contribution in [3.8, 4) is 0 Å². The molecule has 4 rings (SSSR count). The fourth-order valence-corrected chi connectivity index (χ4v) is 5.19. The van der Waals surface area contributed by atoms with Crippen molar-refractivity contribution < 1.29 is 9.59 Å². The number of hydrogen-bond acceptors (Lipinski definition) is 4. The number of nitrogens with zero attached hydrogens (tertiary/aromatic N) is 1. The molecule has 2 heterocycles. The van der Waals surface area contributed by atoms with Gasteiger partial charge in [-0.1, -0.05) is 49.4 Å². The molecule has 0 radical (unpaired) electrons. The topological polar surface area (TPSA) is 73.5 Å². The Hall–Kier alpha value is -3.16. The van der Waals surface area contributed by atoms with E-state index in [9.17, 15) is 9.59 Å². The van der Waals surface area contributed by atoms with E-state index in [1.54, 1.807) is 35.6 Å². The molecule has 1 fully saturated rings. The van der Waals surface area contributed by atoms with Crippen LogP contribution < -0.4 is 16.0 Å². The van der Waals surface area contributed by atoms with Crippen molar-refractivity contribution in [1.29, 1.82) is 0 Å². The second kappa shape index (κ2) is 12.0. The SMILES string of the molecule is CCC1(CNC(=O)Nc2cccc(C(=O)NCc3cccs3)c2)CCN(Cc2ccccc2)CC1. The summed E-state index contributed by atoms with van der Waals surface area (Å²) < 4.78 is 0. The predicted octanol–water partition coefficient (Wildman–Crippen LogP) is 5.49. The van der Waals surface area contributed by atoms with Crippen LogP contribution in [0.3, 0.4) is 0 Å². The molecule has 0 aliphatic carbocycles. The summed E-state index contributed by atoms with van der Waals surface area (Å²) in [6.07, 6.45) is 3.17. The van der Waals surface area contributed by atoms with Crippen molar-refractivity contribution in [1.82, 2.24) is 15.5 Å². The number of carbonyl (C=O) groups is 2. The van der Waals surface area contributed by atoms with E-state index in [0.29, 0.717) is 24.3 Å². The summed E-state index contributed by atoms with van der Waals surface area (Å²) in [6.45, 7) is 6.41. The van der Waals surface area contributed by atoms with Crippen LogP contribution in [0.2, 0.25) is 0 Å². The van der Waals surface area contributed by atoms with Crippen molar-refractivity contribution in [2.75, 3.05) is 25.0 Å². The number of urea groups is 1. The third kappa shape index (κ3) is 7.16. The Bertz CT molecular complexity index is 1090. The summed E-state index contributed by atoms with van der Waals surface area (Å²) in [5.41, 5.74) is 2.59. The highest BCUT2D eigenvalue weighted by Crippen LogP contribution is 2.34. The maximum atomic E-state index is 12.6. The Morgan fingerprint density at radius 3 is 2.49 bits per heavy atom. The lowest BCUT2D eigenvalue weighted by Gasteiger charge is -2.41. The second-order valence-corrected chi connectivity index (χ2v) is 10.3. The summed E-state index contributed by atoms with van der Waals surface area (Å²) in [5.74, 6) is -0.158. The van der Waals surface area contributed by atoms with Crippen molar-refractivity contribution >= 4 is 29.0 Å². The minimum absolute atomic E-state index is 0.119. The van der Waals surface area contributed by atoms with E-state index < -0.39 is 0 Å². The standard InChI is InChI=1S/C28H34N4O2S/c1-2-28(13-15-32(16-14-28)20-22-8-4-3-5-9-22)21-30-27(34)31-24-11-6-10-23(18-24)26(33)29-19-25-12-7-17-35-25/h3-12,17-18H,2,13-16,19-21H2,1H3,(H,29,33)(H2,30,31,34). The van der Waals surface area contributed by atoms with Gasteiger partial charge in [0, 0.05) is 29.2 Å².